The van der Waals surface area contributed by atoms with E-state index in [-0.39, 0.29) is 0 Å². The number of benzene rings is 1. The molecule has 1 aromatic rings. The van der Waals surface area contributed by atoms with Crippen molar-refractivity contribution < 1.29 is 4.74 Å². The van der Waals surface area contributed by atoms with Gasteiger partial charge in [-0.2, -0.15) is 0 Å². The minimum Gasteiger partial charge on any atom is -0.493 e. The summed E-state index contributed by atoms with van der Waals surface area (Å²) in [7, 11) is 0. The zero-order valence-electron chi connectivity index (χ0n) is 9.08. The molecule has 0 atom stereocenters. The molecule has 0 fully saturated rings. The lowest BCUT2D eigenvalue weighted by atomic mass is 10.0. The Kier molecular flexibility index (Phi) is 4.33. The molecule has 1 rings (SSSR count). The molecule has 0 bridgehead atoms. The molecule has 0 heterocycles. The van der Waals surface area contributed by atoms with Crippen molar-refractivity contribution in [3.8, 4) is 5.75 Å². The van der Waals surface area contributed by atoms with E-state index in [1.54, 1.807) is 0 Å². The van der Waals surface area contributed by atoms with Crippen molar-refractivity contribution >= 4 is 12.6 Å². The molecule has 0 saturated heterocycles. The lowest BCUT2D eigenvalue weighted by molar-refractivity contribution is 0.313. The topological polar surface area (TPSA) is 9.23 Å². The molecular weight excluding hydrogens is 192 g/mol. The van der Waals surface area contributed by atoms with Crippen LogP contribution in [0.2, 0.25) is 0 Å². The summed E-state index contributed by atoms with van der Waals surface area (Å²) in [5, 5.41) is 0. The van der Waals surface area contributed by atoms with Crippen LogP contribution in [0, 0.1) is 0 Å². The van der Waals surface area contributed by atoms with Crippen molar-refractivity contribution in [1.82, 2.24) is 0 Å². The number of rotatable bonds is 4. The first-order valence-corrected chi connectivity index (χ1v) is 5.55. The Morgan fingerprint density at radius 1 is 1.36 bits per heavy atom. The zero-order chi connectivity index (χ0) is 10.6. The van der Waals surface area contributed by atoms with Crippen molar-refractivity contribution in [2.75, 3.05) is 6.61 Å². The third kappa shape index (κ3) is 2.95. The first kappa shape index (κ1) is 11.4. The van der Waals surface area contributed by atoms with E-state index in [2.05, 4.69) is 39.5 Å². The van der Waals surface area contributed by atoms with Crippen LogP contribution < -0.4 is 4.74 Å². The summed E-state index contributed by atoms with van der Waals surface area (Å²) in [6.07, 6.45) is 1.04. The number of thiol groups is 1. The molecule has 1 aromatic carbocycles. The molecule has 0 aromatic heterocycles. The largest absolute Gasteiger partial charge is 0.493 e. The van der Waals surface area contributed by atoms with Gasteiger partial charge in [-0.3, -0.25) is 0 Å². The maximum Gasteiger partial charge on any atom is 0.122 e. The highest BCUT2D eigenvalue weighted by atomic mass is 32.1. The maximum atomic E-state index is 5.67. The van der Waals surface area contributed by atoms with E-state index >= 15 is 0 Å². The quantitative estimate of drug-likeness (QED) is 0.742. The van der Waals surface area contributed by atoms with Crippen molar-refractivity contribution in [3.63, 3.8) is 0 Å². The minimum atomic E-state index is 0.481. The van der Waals surface area contributed by atoms with E-state index in [0.29, 0.717) is 5.92 Å². The molecule has 2 heteroatoms. The average Bonchev–Trinajstić information content (AvgIpc) is 2.15. The van der Waals surface area contributed by atoms with E-state index in [4.69, 9.17) is 4.74 Å². The molecule has 0 saturated carbocycles. The highest BCUT2D eigenvalue weighted by molar-refractivity contribution is 7.80. The normalized spacial score (nSPS) is 10.6. The van der Waals surface area contributed by atoms with Crippen molar-refractivity contribution in [2.24, 2.45) is 0 Å². The van der Waals surface area contributed by atoms with Crippen LogP contribution in [0.25, 0.3) is 0 Å². The molecule has 0 amide bonds. The molecule has 14 heavy (non-hydrogen) atoms. The Hall–Kier alpha value is -0.630. The predicted molar refractivity (Wildman–Crippen MR) is 63.6 cm³/mol. The lowest BCUT2D eigenvalue weighted by Gasteiger charge is -2.13. The van der Waals surface area contributed by atoms with Gasteiger partial charge in [0.25, 0.3) is 0 Å². The van der Waals surface area contributed by atoms with Gasteiger partial charge in [0.1, 0.15) is 5.75 Å². The number of hydrogen-bond acceptors (Lipinski definition) is 2. The second kappa shape index (κ2) is 5.30. The van der Waals surface area contributed by atoms with Gasteiger partial charge < -0.3 is 4.74 Å². The molecule has 0 aliphatic heterocycles. The summed E-state index contributed by atoms with van der Waals surface area (Å²) in [4.78, 5) is 0.998. The van der Waals surface area contributed by atoms with Crippen LogP contribution in [0.1, 0.15) is 38.7 Å². The highest BCUT2D eigenvalue weighted by Gasteiger charge is 2.07. The van der Waals surface area contributed by atoms with Crippen LogP contribution in [0.15, 0.2) is 23.1 Å². The summed E-state index contributed by atoms with van der Waals surface area (Å²) in [6, 6.07) is 6.06. The van der Waals surface area contributed by atoms with E-state index in [1.807, 2.05) is 12.1 Å². The Balaban J connectivity index is 2.90. The minimum absolute atomic E-state index is 0.481. The Morgan fingerprint density at radius 2 is 2.07 bits per heavy atom. The Bertz CT molecular complexity index is 294. The summed E-state index contributed by atoms with van der Waals surface area (Å²) in [6.45, 7) is 7.23. The molecule has 0 aliphatic rings. The van der Waals surface area contributed by atoms with E-state index in [9.17, 15) is 0 Å². The first-order chi connectivity index (χ1) is 6.65. The highest BCUT2D eigenvalue weighted by Crippen LogP contribution is 2.28. The van der Waals surface area contributed by atoms with Crippen molar-refractivity contribution in [1.29, 1.82) is 0 Å². The third-order valence-electron chi connectivity index (χ3n) is 2.08. The van der Waals surface area contributed by atoms with Gasteiger partial charge in [0.2, 0.25) is 0 Å². The van der Waals surface area contributed by atoms with Crippen LogP contribution in [-0.2, 0) is 0 Å². The standard InChI is InChI=1S/C12H18OS/c1-4-7-13-12-6-5-10(14)8-11(12)9(2)3/h5-6,8-9,14H,4,7H2,1-3H3. The fourth-order valence-corrected chi connectivity index (χ4v) is 1.54. The second-order valence-corrected chi connectivity index (χ2v) is 4.24. The molecule has 0 radical (unpaired) electrons. The summed E-state index contributed by atoms with van der Waals surface area (Å²) < 4.78 is 5.67. The van der Waals surface area contributed by atoms with Gasteiger partial charge in [-0.05, 0) is 36.1 Å². The van der Waals surface area contributed by atoms with Crippen LogP contribution >= 0.6 is 12.6 Å². The van der Waals surface area contributed by atoms with Gasteiger partial charge in [0, 0.05) is 4.90 Å². The maximum absolute atomic E-state index is 5.67. The van der Waals surface area contributed by atoms with Crippen LogP contribution in [-0.4, -0.2) is 6.61 Å². The van der Waals surface area contributed by atoms with Gasteiger partial charge in [0.15, 0.2) is 0 Å². The lowest BCUT2D eigenvalue weighted by Crippen LogP contribution is -2.00. The molecular formula is C12H18OS. The molecule has 0 aliphatic carbocycles. The molecule has 0 unspecified atom stereocenters. The molecule has 0 spiro atoms. The van der Waals surface area contributed by atoms with E-state index in [0.717, 1.165) is 23.7 Å². The SMILES string of the molecule is CCCOc1ccc(S)cc1C(C)C. The second-order valence-electron chi connectivity index (χ2n) is 3.73. The van der Waals surface area contributed by atoms with E-state index in [1.165, 1.54) is 5.56 Å². The fraction of sp³-hybridized carbons (Fsp3) is 0.500. The van der Waals surface area contributed by atoms with Gasteiger partial charge in [0.05, 0.1) is 6.61 Å². The van der Waals surface area contributed by atoms with Crippen LogP contribution in [0.3, 0.4) is 0 Å². The summed E-state index contributed by atoms with van der Waals surface area (Å²) in [5.74, 6) is 1.48. The molecule has 78 valence electrons. The zero-order valence-corrected chi connectivity index (χ0v) is 9.97. The van der Waals surface area contributed by atoms with Crippen molar-refractivity contribution in [2.45, 2.75) is 38.0 Å². The summed E-state index contributed by atoms with van der Waals surface area (Å²) >= 11 is 4.33. The van der Waals surface area contributed by atoms with Crippen molar-refractivity contribution in [3.05, 3.63) is 23.8 Å². The van der Waals surface area contributed by atoms with Gasteiger partial charge in [-0.1, -0.05) is 20.8 Å². The van der Waals surface area contributed by atoms with Crippen LogP contribution in [0.5, 0.6) is 5.75 Å². The first-order valence-electron chi connectivity index (χ1n) is 5.10. The van der Waals surface area contributed by atoms with Crippen LogP contribution in [0.4, 0.5) is 0 Å². The monoisotopic (exact) mass is 210 g/mol. The third-order valence-corrected chi connectivity index (χ3v) is 2.36. The van der Waals surface area contributed by atoms with Gasteiger partial charge in [-0.25, -0.2) is 0 Å². The summed E-state index contributed by atoms with van der Waals surface area (Å²) in [5.41, 5.74) is 1.24. The van der Waals surface area contributed by atoms with E-state index < -0.39 is 0 Å². The average molecular weight is 210 g/mol. The van der Waals surface area contributed by atoms with Gasteiger partial charge >= 0.3 is 0 Å². The number of ether oxygens (including phenoxy) is 1. The molecule has 1 nitrogen and oxygen atoms in total. The Labute approximate surface area is 91.9 Å². The Morgan fingerprint density at radius 3 is 2.64 bits per heavy atom. The fourth-order valence-electron chi connectivity index (χ4n) is 1.33. The predicted octanol–water partition coefficient (Wildman–Crippen LogP) is 3.89. The molecule has 0 N–H and O–H groups in total. The smallest absolute Gasteiger partial charge is 0.122 e. The van der Waals surface area contributed by atoms with Gasteiger partial charge in [-0.15, -0.1) is 12.6 Å². The number of hydrogen-bond donors (Lipinski definition) is 1.